The van der Waals surface area contributed by atoms with Gasteiger partial charge in [0.2, 0.25) is 11.8 Å². The van der Waals surface area contributed by atoms with Crippen LogP contribution in [0.25, 0.3) is 0 Å². The Balaban J connectivity index is 2.14. The second kappa shape index (κ2) is 7.49. The second-order valence-corrected chi connectivity index (χ2v) is 5.88. The van der Waals surface area contributed by atoms with E-state index in [1.165, 1.54) is 11.8 Å². The van der Waals surface area contributed by atoms with Crippen molar-refractivity contribution in [2.24, 2.45) is 0 Å². The average molecular weight is 351 g/mol. The van der Waals surface area contributed by atoms with Crippen molar-refractivity contribution in [3.8, 4) is 0 Å². The third-order valence-electron chi connectivity index (χ3n) is 3.25. The van der Waals surface area contributed by atoms with Gasteiger partial charge in [-0.3, -0.25) is 9.59 Å². The minimum Gasteiger partial charge on any atom is -0.323 e. The number of anilines is 2. The largest absolute Gasteiger partial charge is 0.323 e. The zero-order chi connectivity index (χ0) is 17.0. The molecule has 0 radical (unpaired) electrons. The monoisotopic (exact) mass is 350 g/mol. The lowest BCUT2D eigenvalue weighted by Crippen LogP contribution is -2.36. The molecule has 0 fully saturated rings. The second-order valence-electron chi connectivity index (χ2n) is 5.09. The van der Waals surface area contributed by atoms with Crippen LogP contribution >= 0.6 is 23.2 Å². The van der Waals surface area contributed by atoms with Crippen LogP contribution in [0.4, 0.5) is 11.4 Å². The number of amides is 2. The first-order valence-corrected chi connectivity index (χ1v) is 7.72. The summed E-state index contributed by atoms with van der Waals surface area (Å²) in [6.45, 7) is 3.26. The Kier molecular flexibility index (Phi) is 5.64. The zero-order valence-electron chi connectivity index (χ0n) is 12.8. The van der Waals surface area contributed by atoms with Crippen molar-refractivity contribution in [2.45, 2.75) is 13.8 Å². The molecular weight excluding hydrogens is 335 g/mol. The highest BCUT2D eigenvalue weighted by molar-refractivity contribution is 6.44. The number of carbonyl (C=O) groups excluding carboxylic acids is 2. The molecule has 0 aliphatic heterocycles. The Morgan fingerprint density at radius 3 is 2.35 bits per heavy atom. The number of rotatable bonds is 4. The molecule has 0 aromatic heterocycles. The molecule has 0 saturated carbocycles. The fraction of sp³-hybridized carbons (Fsp3) is 0.176. The van der Waals surface area contributed by atoms with Crippen LogP contribution < -0.4 is 10.2 Å². The highest BCUT2D eigenvalue weighted by Gasteiger charge is 2.17. The summed E-state index contributed by atoms with van der Waals surface area (Å²) in [4.78, 5) is 25.5. The van der Waals surface area contributed by atoms with Crippen molar-refractivity contribution < 1.29 is 9.59 Å². The Hall–Kier alpha value is -2.04. The summed E-state index contributed by atoms with van der Waals surface area (Å²) in [5.41, 5.74) is 2.15. The van der Waals surface area contributed by atoms with Crippen LogP contribution in [0.2, 0.25) is 10.0 Å². The van der Waals surface area contributed by atoms with Gasteiger partial charge in [-0.25, -0.2) is 0 Å². The SMILES string of the molecule is CC(=O)N(CC(=O)Nc1cccc(Cl)c1Cl)c1ccc(C)cc1. The van der Waals surface area contributed by atoms with E-state index < -0.39 is 0 Å². The summed E-state index contributed by atoms with van der Waals surface area (Å²) < 4.78 is 0. The van der Waals surface area contributed by atoms with E-state index in [9.17, 15) is 9.59 Å². The highest BCUT2D eigenvalue weighted by atomic mass is 35.5. The van der Waals surface area contributed by atoms with Crippen LogP contribution in [0, 0.1) is 6.92 Å². The molecule has 0 atom stereocenters. The fourth-order valence-electron chi connectivity index (χ4n) is 2.04. The molecule has 6 heteroatoms. The van der Waals surface area contributed by atoms with Gasteiger partial charge in [0.25, 0.3) is 0 Å². The van der Waals surface area contributed by atoms with Gasteiger partial charge in [0.15, 0.2) is 0 Å². The van der Waals surface area contributed by atoms with Crippen molar-refractivity contribution in [3.05, 3.63) is 58.1 Å². The first kappa shape index (κ1) is 17.3. The van der Waals surface area contributed by atoms with Crippen molar-refractivity contribution in [2.75, 3.05) is 16.8 Å². The van der Waals surface area contributed by atoms with E-state index in [1.807, 2.05) is 19.1 Å². The summed E-state index contributed by atoms with van der Waals surface area (Å²) >= 11 is 12.0. The standard InChI is InChI=1S/C17H16Cl2N2O2/c1-11-6-8-13(9-7-11)21(12(2)22)10-16(23)20-15-5-3-4-14(18)17(15)19/h3-9H,10H2,1-2H3,(H,20,23). The van der Waals surface area contributed by atoms with Crippen molar-refractivity contribution in [1.82, 2.24) is 0 Å². The number of hydrogen-bond acceptors (Lipinski definition) is 2. The molecule has 0 unspecified atom stereocenters. The minimum atomic E-state index is -0.357. The lowest BCUT2D eigenvalue weighted by atomic mass is 10.2. The summed E-state index contributed by atoms with van der Waals surface area (Å²) in [6.07, 6.45) is 0. The van der Waals surface area contributed by atoms with E-state index in [0.717, 1.165) is 5.56 Å². The molecule has 2 amide bonds. The molecule has 0 aliphatic rings. The van der Waals surface area contributed by atoms with Crippen LogP contribution in [0.3, 0.4) is 0 Å². The van der Waals surface area contributed by atoms with E-state index in [0.29, 0.717) is 16.4 Å². The van der Waals surface area contributed by atoms with Gasteiger partial charge in [0.1, 0.15) is 6.54 Å². The quantitative estimate of drug-likeness (QED) is 0.893. The van der Waals surface area contributed by atoms with Crippen molar-refractivity contribution in [1.29, 1.82) is 0 Å². The lowest BCUT2D eigenvalue weighted by Gasteiger charge is -2.21. The smallest absolute Gasteiger partial charge is 0.244 e. The maximum absolute atomic E-state index is 12.2. The molecule has 2 aromatic carbocycles. The molecule has 0 aliphatic carbocycles. The van der Waals surface area contributed by atoms with Crippen LogP contribution in [-0.4, -0.2) is 18.4 Å². The lowest BCUT2D eigenvalue weighted by molar-refractivity contribution is -0.120. The van der Waals surface area contributed by atoms with Gasteiger partial charge in [0.05, 0.1) is 15.7 Å². The average Bonchev–Trinajstić information content (AvgIpc) is 2.50. The molecule has 2 aromatic rings. The molecular formula is C17H16Cl2N2O2. The minimum absolute atomic E-state index is 0.110. The molecule has 0 heterocycles. The first-order valence-electron chi connectivity index (χ1n) is 6.97. The first-order chi connectivity index (χ1) is 10.9. The molecule has 23 heavy (non-hydrogen) atoms. The number of hydrogen-bond donors (Lipinski definition) is 1. The third kappa shape index (κ3) is 4.47. The topological polar surface area (TPSA) is 49.4 Å². The number of carbonyl (C=O) groups is 2. The van der Waals surface area contributed by atoms with E-state index >= 15 is 0 Å². The zero-order valence-corrected chi connectivity index (χ0v) is 14.3. The van der Waals surface area contributed by atoms with Crippen molar-refractivity contribution in [3.63, 3.8) is 0 Å². The third-order valence-corrected chi connectivity index (χ3v) is 4.07. The molecule has 0 bridgehead atoms. The van der Waals surface area contributed by atoms with E-state index in [-0.39, 0.29) is 23.4 Å². The van der Waals surface area contributed by atoms with Crippen LogP contribution in [0.5, 0.6) is 0 Å². The number of nitrogens with one attached hydrogen (secondary N) is 1. The molecule has 4 nitrogen and oxygen atoms in total. The normalized spacial score (nSPS) is 10.3. The van der Waals surface area contributed by atoms with Crippen molar-refractivity contribution >= 4 is 46.4 Å². The number of aryl methyl sites for hydroxylation is 1. The van der Waals surface area contributed by atoms with E-state index in [1.54, 1.807) is 30.3 Å². The van der Waals surface area contributed by atoms with E-state index in [2.05, 4.69) is 5.32 Å². The van der Waals surface area contributed by atoms with Crippen LogP contribution in [-0.2, 0) is 9.59 Å². The molecule has 120 valence electrons. The number of benzene rings is 2. The molecule has 0 saturated heterocycles. The van der Waals surface area contributed by atoms with Gasteiger partial charge in [-0.15, -0.1) is 0 Å². The maximum Gasteiger partial charge on any atom is 0.244 e. The van der Waals surface area contributed by atoms with E-state index in [4.69, 9.17) is 23.2 Å². The Morgan fingerprint density at radius 2 is 1.74 bits per heavy atom. The Labute approximate surface area is 145 Å². The summed E-state index contributed by atoms with van der Waals surface area (Å²) in [7, 11) is 0. The molecule has 0 spiro atoms. The summed E-state index contributed by atoms with van der Waals surface area (Å²) in [5.74, 6) is -0.578. The van der Waals surface area contributed by atoms with Gasteiger partial charge in [0, 0.05) is 12.6 Å². The highest BCUT2D eigenvalue weighted by Crippen LogP contribution is 2.29. The molecule has 2 rings (SSSR count). The number of nitrogens with zero attached hydrogens (tertiary/aromatic N) is 1. The van der Waals surface area contributed by atoms with Gasteiger partial charge < -0.3 is 10.2 Å². The van der Waals surface area contributed by atoms with Gasteiger partial charge in [-0.2, -0.15) is 0 Å². The predicted molar refractivity (Wildman–Crippen MR) is 94.3 cm³/mol. The van der Waals surface area contributed by atoms with Gasteiger partial charge in [-0.1, -0.05) is 47.0 Å². The maximum atomic E-state index is 12.2. The van der Waals surface area contributed by atoms with Gasteiger partial charge >= 0.3 is 0 Å². The number of halogens is 2. The Bertz CT molecular complexity index is 730. The molecule has 1 N–H and O–H groups in total. The summed E-state index contributed by atoms with van der Waals surface area (Å²) in [6, 6.07) is 12.3. The Morgan fingerprint density at radius 1 is 1.09 bits per heavy atom. The summed E-state index contributed by atoms with van der Waals surface area (Å²) in [5, 5.41) is 3.29. The van der Waals surface area contributed by atoms with Crippen LogP contribution in [0.15, 0.2) is 42.5 Å². The van der Waals surface area contributed by atoms with Crippen LogP contribution in [0.1, 0.15) is 12.5 Å². The predicted octanol–water partition coefficient (Wildman–Crippen LogP) is 4.29. The fourth-order valence-corrected chi connectivity index (χ4v) is 2.39. The van der Waals surface area contributed by atoms with Gasteiger partial charge in [-0.05, 0) is 31.2 Å².